The van der Waals surface area contributed by atoms with E-state index in [1.165, 1.54) is 5.56 Å². The van der Waals surface area contributed by atoms with Gasteiger partial charge in [-0.3, -0.25) is 9.69 Å². The Balaban J connectivity index is 1.17. The molecule has 29 heavy (non-hydrogen) atoms. The van der Waals surface area contributed by atoms with Gasteiger partial charge in [0.1, 0.15) is 19.0 Å². The predicted octanol–water partition coefficient (Wildman–Crippen LogP) is 2.70. The minimum atomic E-state index is 0.0747. The summed E-state index contributed by atoms with van der Waals surface area (Å²) in [6.45, 7) is 4.07. The summed E-state index contributed by atoms with van der Waals surface area (Å²) in [7, 11) is 0. The number of phenols is 1. The quantitative estimate of drug-likeness (QED) is 0.786. The first-order valence-corrected chi connectivity index (χ1v) is 10.3. The highest BCUT2D eigenvalue weighted by molar-refractivity contribution is 5.78. The van der Waals surface area contributed by atoms with Crippen LogP contribution < -0.4 is 14.8 Å². The molecule has 0 aliphatic carbocycles. The number of phenolic OH excluding ortho intramolecular Hbond substituents is 1. The molecule has 2 aromatic carbocycles. The number of rotatable bonds is 6. The zero-order valence-corrected chi connectivity index (χ0v) is 16.6. The third kappa shape index (κ3) is 5.21. The third-order valence-electron chi connectivity index (χ3n) is 5.66. The topological polar surface area (TPSA) is 71.0 Å². The van der Waals surface area contributed by atoms with E-state index in [1.807, 2.05) is 30.3 Å². The summed E-state index contributed by atoms with van der Waals surface area (Å²) in [5, 5.41) is 12.5. The van der Waals surface area contributed by atoms with Crippen LogP contribution in [-0.2, 0) is 11.2 Å². The van der Waals surface area contributed by atoms with Crippen LogP contribution in [0.15, 0.2) is 42.5 Å². The number of aromatic hydroxyl groups is 1. The van der Waals surface area contributed by atoms with Gasteiger partial charge in [0, 0.05) is 6.54 Å². The summed E-state index contributed by atoms with van der Waals surface area (Å²) in [5.74, 6) is 2.46. The van der Waals surface area contributed by atoms with Crippen molar-refractivity contribution in [1.82, 2.24) is 10.2 Å². The molecule has 6 heteroatoms. The Morgan fingerprint density at radius 2 is 1.76 bits per heavy atom. The van der Waals surface area contributed by atoms with Crippen LogP contribution in [0, 0.1) is 0 Å². The van der Waals surface area contributed by atoms with Crippen molar-refractivity contribution in [2.75, 3.05) is 39.4 Å². The first-order chi connectivity index (χ1) is 14.2. The van der Waals surface area contributed by atoms with Crippen molar-refractivity contribution >= 4 is 5.91 Å². The molecule has 1 fully saturated rings. The molecule has 2 aromatic rings. The molecule has 0 atom stereocenters. The Labute approximate surface area is 171 Å². The molecule has 0 radical (unpaired) electrons. The summed E-state index contributed by atoms with van der Waals surface area (Å²) in [6, 6.07) is 13.4. The van der Waals surface area contributed by atoms with Crippen molar-refractivity contribution in [1.29, 1.82) is 0 Å². The number of nitrogens with one attached hydrogen (secondary N) is 1. The van der Waals surface area contributed by atoms with Gasteiger partial charge in [0.15, 0.2) is 11.5 Å². The van der Waals surface area contributed by atoms with Gasteiger partial charge in [-0.2, -0.15) is 0 Å². The molecule has 2 aliphatic heterocycles. The van der Waals surface area contributed by atoms with Crippen LogP contribution in [-0.4, -0.2) is 55.3 Å². The van der Waals surface area contributed by atoms with E-state index >= 15 is 0 Å². The van der Waals surface area contributed by atoms with Crippen LogP contribution in [0.3, 0.4) is 0 Å². The highest BCUT2D eigenvalue weighted by atomic mass is 16.6. The number of benzene rings is 2. The molecular weight excluding hydrogens is 368 g/mol. The fourth-order valence-electron chi connectivity index (χ4n) is 4.02. The van der Waals surface area contributed by atoms with Crippen LogP contribution in [0.4, 0.5) is 0 Å². The summed E-state index contributed by atoms with van der Waals surface area (Å²) in [5.41, 5.74) is 2.40. The number of carbonyl (C=O) groups excluding carboxylic acids is 1. The van der Waals surface area contributed by atoms with E-state index in [1.54, 1.807) is 12.1 Å². The van der Waals surface area contributed by atoms with Crippen molar-refractivity contribution in [3.63, 3.8) is 0 Å². The normalized spacial score (nSPS) is 17.1. The van der Waals surface area contributed by atoms with Crippen LogP contribution >= 0.6 is 0 Å². The zero-order valence-electron chi connectivity index (χ0n) is 16.6. The number of carbonyl (C=O) groups is 1. The number of amides is 1. The number of fused-ring (bicyclic) bond motifs is 1. The second-order valence-corrected chi connectivity index (χ2v) is 7.72. The molecule has 4 rings (SSSR count). The Hall–Kier alpha value is -2.73. The molecule has 2 aliphatic rings. The molecule has 0 bridgehead atoms. The largest absolute Gasteiger partial charge is 0.508 e. The minimum absolute atomic E-state index is 0.0747. The molecule has 6 nitrogen and oxygen atoms in total. The molecular formula is C23H28N2O4. The average Bonchev–Trinajstić information content (AvgIpc) is 2.75. The summed E-state index contributed by atoms with van der Waals surface area (Å²) in [6.07, 6.45) is 2.84. The van der Waals surface area contributed by atoms with E-state index in [9.17, 15) is 9.90 Å². The summed E-state index contributed by atoms with van der Waals surface area (Å²) < 4.78 is 11.1. The molecule has 0 saturated carbocycles. The lowest BCUT2D eigenvalue weighted by Crippen LogP contribution is -2.41. The van der Waals surface area contributed by atoms with Gasteiger partial charge in [-0.1, -0.05) is 18.2 Å². The minimum Gasteiger partial charge on any atom is -0.508 e. The number of nitrogens with zero attached hydrogens (tertiary/aromatic N) is 1. The second kappa shape index (κ2) is 9.18. The van der Waals surface area contributed by atoms with Crippen molar-refractivity contribution in [2.24, 2.45) is 0 Å². The summed E-state index contributed by atoms with van der Waals surface area (Å²) in [4.78, 5) is 14.5. The number of likely N-dealkylation sites (tertiary alicyclic amines) is 1. The van der Waals surface area contributed by atoms with Gasteiger partial charge in [0.2, 0.25) is 5.91 Å². The van der Waals surface area contributed by atoms with Gasteiger partial charge < -0.3 is 19.9 Å². The van der Waals surface area contributed by atoms with Crippen LogP contribution in [0.1, 0.15) is 29.9 Å². The Bertz CT molecular complexity index is 829. The van der Waals surface area contributed by atoms with E-state index in [0.717, 1.165) is 49.4 Å². The van der Waals surface area contributed by atoms with Crippen LogP contribution in [0.25, 0.3) is 0 Å². The van der Waals surface area contributed by atoms with Crippen LogP contribution in [0.2, 0.25) is 0 Å². The molecule has 0 spiro atoms. The first-order valence-electron chi connectivity index (χ1n) is 10.3. The number of hydrogen-bond donors (Lipinski definition) is 2. The van der Waals surface area contributed by atoms with E-state index in [-0.39, 0.29) is 5.91 Å². The van der Waals surface area contributed by atoms with Gasteiger partial charge in [-0.15, -0.1) is 0 Å². The predicted molar refractivity (Wildman–Crippen MR) is 111 cm³/mol. The Morgan fingerprint density at radius 3 is 2.52 bits per heavy atom. The maximum Gasteiger partial charge on any atom is 0.234 e. The van der Waals surface area contributed by atoms with Crippen molar-refractivity contribution in [3.05, 3.63) is 53.6 Å². The molecule has 2 N–H and O–H groups in total. The maximum atomic E-state index is 12.3. The van der Waals surface area contributed by atoms with Crippen molar-refractivity contribution < 1.29 is 19.4 Å². The smallest absolute Gasteiger partial charge is 0.234 e. The lowest BCUT2D eigenvalue weighted by atomic mass is 9.89. The van der Waals surface area contributed by atoms with Gasteiger partial charge in [0.05, 0.1) is 6.54 Å². The molecule has 2 heterocycles. The highest BCUT2D eigenvalue weighted by Crippen LogP contribution is 2.31. The molecule has 1 saturated heterocycles. The SMILES string of the molecule is O=C(CN1CCC(c2ccc(O)cc2)CC1)NCCc1ccc2c(c1)OCCO2. The lowest BCUT2D eigenvalue weighted by molar-refractivity contribution is -0.122. The van der Waals surface area contributed by atoms with Gasteiger partial charge in [-0.05, 0) is 73.7 Å². The van der Waals surface area contributed by atoms with E-state index < -0.39 is 0 Å². The molecule has 1 amide bonds. The third-order valence-corrected chi connectivity index (χ3v) is 5.66. The van der Waals surface area contributed by atoms with E-state index in [0.29, 0.717) is 38.0 Å². The lowest BCUT2D eigenvalue weighted by Gasteiger charge is -2.31. The second-order valence-electron chi connectivity index (χ2n) is 7.72. The zero-order chi connectivity index (χ0) is 20.1. The first kappa shape index (κ1) is 19.6. The monoisotopic (exact) mass is 396 g/mol. The van der Waals surface area contributed by atoms with Crippen molar-refractivity contribution in [3.8, 4) is 17.2 Å². The Morgan fingerprint density at radius 1 is 1.03 bits per heavy atom. The molecule has 0 aromatic heterocycles. The maximum absolute atomic E-state index is 12.3. The number of piperidine rings is 1. The highest BCUT2D eigenvalue weighted by Gasteiger charge is 2.22. The van der Waals surface area contributed by atoms with Gasteiger partial charge in [0.25, 0.3) is 0 Å². The fraction of sp³-hybridized carbons (Fsp3) is 0.435. The molecule has 154 valence electrons. The summed E-state index contributed by atoms with van der Waals surface area (Å²) >= 11 is 0. The van der Waals surface area contributed by atoms with Gasteiger partial charge >= 0.3 is 0 Å². The van der Waals surface area contributed by atoms with Crippen molar-refractivity contribution in [2.45, 2.75) is 25.2 Å². The van der Waals surface area contributed by atoms with Crippen LogP contribution in [0.5, 0.6) is 17.2 Å². The van der Waals surface area contributed by atoms with E-state index in [4.69, 9.17) is 9.47 Å². The fourth-order valence-corrected chi connectivity index (χ4v) is 4.02. The average molecular weight is 396 g/mol. The van der Waals surface area contributed by atoms with E-state index in [2.05, 4.69) is 10.2 Å². The Kier molecular flexibility index (Phi) is 6.20. The standard InChI is InChI=1S/C23H28N2O4/c26-20-4-2-18(3-5-20)19-8-11-25(12-9-19)16-23(27)24-10-7-17-1-6-21-22(15-17)29-14-13-28-21/h1-6,15,19,26H,7-14,16H2,(H,24,27). The molecule has 0 unspecified atom stereocenters. The van der Waals surface area contributed by atoms with Gasteiger partial charge in [-0.25, -0.2) is 0 Å². The number of ether oxygens (including phenoxy) is 2. The number of hydrogen-bond acceptors (Lipinski definition) is 5.